The van der Waals surface area contributed by atoms with Crippen LogP contribution < -0.4 is 10.5 Å². The number of benzene rings is 1. The monoisotopic (exact) mass is 280 g/mol. The van der Waals surface area contributed by atoms with Crippen molar-refractivity contribution in [3.8, 4) is 5.75 Å². The Balaban J connectivity index is 2.60. The molecule has 0 amide bonds. The summed E-state index contributed by atoms with van der Waals surface area (Å²) in [7, 11) is 1.73. The molecule has 4 nitrogen and oxygen atoms in total. The molecule has 0 spiro atoms. The number of ether oxygens (including phenoxy) is 2. The predicted octanol–water partition coefficient (Wildman–Crippen LogP) is 2.44. The van der Waals surface area contributed by atoms with Crippen molar-refractivity contribution in [1.82, 2.24) is 4.90 Å². The highest BCUT2D eigenvalue weighted by Gasteiger charge is 2.15. The summed E-state index contributed by atoms with van der Waals surface area (Å²) in [6.07, 6.45) is 0. The highest BCUT2D eigenvalue weighted by molar-refractivity contribution is 5.29. The van der Waals surface area contributed by atoms with Crippen LogP contribution in [0.5, 0.6) is 5.75 Å². The maximum Gasteiger partial charge on any atom is 0.119 e. The van der Waals surface area contributed by atoms with Crippen molar-refractivity contribution in [2.45, 2.75) is 32.9 Å². The van der Waals surface area contributed by atoms with Crippen LogP contribution in [0.3, 0.4) is 0 Å². The molecule has 1 aromatic rings. The van der Waals surface area contributed by atoms with Crippen molar-refractivity contribution in [1.29, 1.82) is 0 Å². The van der Waals surface area contributed by atoms with Crippen molar-refractivity contribution in [3.63, 3.8) is 0 Å². The van der Waals surface area contributed by atoms with Crippen LogP contribution in [-0.2, 0) is 4.74 Å². The van der Waals surface area contributed by atoms with E-state index in [0.29, 0.717) is 12.6 Å². The number of hydrogen-bond donors (Lipinski definition) is 1. The first-order chi connectivity index (χ1) is 9.58. The van der Waals surface area contributed by atoms with Crippen LogP contribution in [0.1, 0.15) is 32.4 Å². The first-order valence-corrected chi connectivity index (χ1v) is 7.29. The van der Waals surface area contributed by atoms with E-state index >= 15 is 0 Å². The maximum atomic E-state index is 6.31. The molecule has 0 heterocycles. The third-order valence-corrected chi connectivity index (χ3v) is 3.36. The second-order valence-electron chi connectivity index (χ2n) is 5.19. The van der Waals surface area contributed by atoms with Gasteiger partial charge in [0.15, 0.2) is 0 Å². The largest absolute Gasteiger partial charge is 0.494 e. The van der Waals surface area contributed by atoms with E-state index in [9.17, 15) is 0 Å². The maximum absolute atomic E-state index is 6.31. The average Bonchev–Trinajstić information content (AvgIpc) is 2.44. The van der Waals surface area contributed by atoms with Crippen LogP contribution in [0.15, 0.2) is 24.3 Å². The van der Waals surface area contributed by atoms with Crippen LogP contribution in [0.4, 0.5) is 0 Å². The second-order valence-corrected chi connectivity index (χ2v) is 5.19. The molecule has 0 radical (unpaired) electrons. The standard InChI is InChI=1S/C16H28N2O2/c1-5-20-15-8-6-14(7-9-15)16(17)12-18(13(2)3)10-11-19-4/h6-9,13,16H,5,10-12,17H2,1-4H3. The molecule has 0 aliphatic heterocycles. The van der Waals surface area contributed by atoms with Crippen molar-refractivity contribution in [2.75, 3.05) is 33.4 Å². The molecule has 0 fully saturated rings. The van der Waals surface area contributed by atoms with Gasteiger partial charge in [-0.15, -0.1) is 0 Å². The van der Waals surface area contributed by atoms with Gasteiger partial charge in [0.05, 0.1) is 13.2 Å². The van der Waals surface area contributed by atoms with Gasteiger partial charge in [0, 0.05) is 32.3 Å². The smallest absolute Gasteiger partial charge is 0.119 e. The van der Waals surface area contributed by atoms with Gasteiger partial charge in [-0.3, -0.25) is 4.90 Å². The normalized spacial score (nSPS) is 12.9. The summed E-state index contributed by atoms with van der Waals surface area (Å²) in [6, 6.07) is 8.51. The minimum Gasteiger partial charge on any atom is -0.494 e. The third kappa shape index (κ3) is 5.49. The number of nitrogens with zero attached hydrogens (tertiary/aromatic N) is 1. The Kier molecular flexibility index (Phi) is 7.59. The van der Waals surface area contributed by atoms with E-state index in [0.717, 1.165) is 31.0 Å². The van der Waals surface area contributed by atoms with E-state index in [1.807, 2.05) is 31.2 Å². The zero-order chi connectivity index (χ0) is 15.0. The van der Waals surface area contributed by atoms with Gasteiger partial charge >= 0.3 is 0 Å². The summed E-state index contributed by atoms with van der Waals surface area (Å²) in [6.45, 7) is 9.49. The Bertz CT molecular complexity index is 365. The first-order valence-electron chi connectivity index (χ1n) is 7.29. The van der Waals surface area contributed by atoms with Gasteiger partial charge in [-0.25, -0.2) is 0 Å². The molecule has 20 heavy (non-hydrogen) atoms. The minimum atomic E-state index is 0.00457. The van der Waals surface area contributed by atoms with Crippen molar-refractivity contribution >= 4 is 0 Å². The summed E-state index contributed by atoms with van der Waals surface area (Å²) in [5.41, 5.74) is 7.44. The molecule has 4 heteroatoms. The fraction of sp³-hybridized carbons (Fsp3) is 0.625. The number of hydrogen-bond acceptors (Lipinski definition) is 4. The molecule has 1 atom stereocenters. The molecule has 1 rings (SSSR count). The number of methoxy groups -OCH3 is 1. The lowest BCUT2D eigenvalue weighted by Crippen LogP contribution is -2.39. The summed E-state index contributed by atoms with van der Waals surface area (Å²) < 4.78 is 10.6. The summed E-state index contributed by atoms with van der Waals surface area (Å²) >= 11 is 0. The number of rotatable bonds is 9. The Morgan fingerprint density at radius 2 is 1.85 bits per heavy atom. The summed E-state index contributed by atoms with van der Waals surface area (Å²) in [5.74, 6) is 0.892. The molecule has 0 bridgehead atoms. The lowest BCUT2D eigenvalue weighted by Gasteiger charge is -2.29. The second kappa shape index (κ2) is 8.95. The van der Waals surface area contributed by atoms with Gasteiger partial charge in [0.2, 0.25) is 0 Å². The molecule has 1 unspecified atom stereocenters. The molecule has 0 saturated heterocycles. The lowest BCUT2D eigenvalue weighted by atomic mass is 10.1. The molecule has 0 aliphatic rings. The zero-order valence-corrected chi connectivity index (χ0v) is 13.1. The van der Waals surface area contributed by atoms with Crippen LogP contribution >= 0.6 is 0 Å². The van der Waals surface area contributed by atoms with E-state index < -0.39 is 0 Å². The molecule has 0 aliphatic carbocycles. The van der Waals surface area contributed by atoms with Crippen molar-refractivity contribution in [2.24, 2.45) is 5.73 Å². The third-order valence-electron chi connectivity index (χ3n) is 3.36. The van der Waals surface area contributed by atoms with E-state index in [-0.39, 0.29) is 6.04 Å². The number of nitrogens with two attached hydrogens (primary N) is 1. The average molecular weight is 280 g/mol. The van der Waals surface area contributed by atoms with Crippen LogP contribution in [0, 0.1) is 0 Å². The molecular formula is C16H28N2O2. The molecule has 0 aromatic heterocycles. The Labute approximate surface area is 122 Å². The minimum absolute atomic E-state index is 0.00457. The summed E-state index contributed by atoms with van der Waals surface area (Å²) in [5, 5.41) is 0. The molecule has 0 saturated carbocycles. The Morgan fingerprint density at radius 1 is 1.20 bits per heavy atom. The molecule has 2 N–H and O–H groups in total. The van der Waals surface area contributed by atoms with Gasteiger partial charge in [-0.05, 0) is 38.5 Å². The topological polar surface area (TPSA) is 47.7 Å². The van der Waals surface area contributed by atoms with Gasteiger partial charge in [0.25, 0.3) is 0 Å². The van der Waals surface area contributed by atoms with Crippen LogP contribution in [0.2, 0.25) is 0 Å². The van der Waals surface area contributed by atoms with Crippen LogP contribution in [-0.4, -0.2) is 44.4 Å². The highest BCUT2D eigenvalue weighted by Crippen LogP contribution is 2.18. The van der Waals surface area contributed by atoms with Crippen molar-refractivity contribution in [3.05, 3.63) is 29.8 Å². The van der Waals surface area contributed by atoms with E-state index in [2.05, 4.69) is 18.7 Å². The highest BCUT2D eigenvalue weighted by atomic mass is 16.5. The van der Waals surface area contributed by atoms with Gasteiger partial charge in [-0.2, -0.15) is 0 Å². The van der Waals surface area contributed by atoms with E-state index in [1.165, 1.54) is 0 Å². The van der Waals surface area contributed by atoms with Crippen molar-refractivity contribution < 1.29 is 9.47 Å². The molecular weight excluding hydrogens is 252 g/mol. The Hall–Kier alpha value is -1.10. The zero-order valence-electron chi connectivity index (χ0n) is 13.1. The fourth-order valence-corrected chi connectivity index (χ4v) is 2.10. The SMILES string of the molecule is CCOc1ccc(C(N)CN(CCOC)C(C)C)cc1. The fourth-order valence-electron chi connectivity index (χ4n) is 2.10. The van der Waals surface area contributed by atoms with Crippen LogP contribution in [0.25, 0.3) is 0 Å². The van der Waals surface area contributed by atoms with Gasteiger partial charge in [-0.1, -0.05) is 12.1 Å². The summed E-state index contributed by atoms with van der Waals surface area (Å²) in [4.78, 5) is 2.34. The molecule has 114 valence electrons. The first kappa shape index (κ1) is 17.0. The predicted molar refractivity (Wildman–Crippen MR) is 83.1 cm³/mol. The molecule has 1 aromatic carbocycles. The van der Waals surface area contributed by atoms with Gasteiger partial charge in [0.1, 0.15) is 5.75 Å². The van der Waals surface area contributed by atoms with E-state index in [4.69, 9.17) is 15.2 Å². The van der Waals surface area contributed by atoms with Gasteiger partial charge < -0.3 is 15.2 Å². The lowest BCUT2D eigenvalue weighted by molar-refractivity contribution is 0.125. The van der Waals surface area contributed by atoms with E-state index in [1.54, 1.807) is 7.11 Å². The quantitative estimate of drug-likeness (QED) is 0.755. The Morgan fingerprint density at radius 3 is 2.35 bits per heavy atom.